The molecule has 0 aliphatic carbocycles. The molecule has 0 bridgehead atoms. The van der Waals surface area contributed by atoms with Gasteiger partial charge in [0, 0.05) is 30.5 Å². The maximum absolute atomic E-state index is 13.5. The number of unbranched alkanes of at least 4 members (excludes halogenated alkanes) is 1. The number of furan rings is 1. The van der Waals surface area contributed by atoms with Crippen LogP contribution in [0.5, 0.6) is 0 Å². The lowest BCUT2D eigenvalue weighted by Gasteiger charge is -2.29. The summed E-state index contributed by atoms with van der Waals surface area (Å²) in [5, 5.41) is 5.43. The van der Waals surface area contributed by atoms with Gasteiger partial charge in [-0.15, -0.1) is 0 Å². The van der Waals surface area contributed by atoms with Gasteiger partial charge in [0.05, 0.1) is 30.5 Å². The van der Waals surface area contributed by atoms with Gasteiger partial charge in [0.25, 0.3) is 5.91 Å². The monoisotopic (exact) mass is 380 g/mol. The Morgan fingerprint density at radius 1 is 1.25 bits per heavy atom. The van der Waals surface area contributed by atoms with Crippen LogP contribution in [0.4, 0.5) is 0 Å². The van der Waals surface area contributed by atoms with E-state index in [9.17, 15) is 4.79 Å². The highest BCUT2D eigenvalue weighted by Crippen LogP contribution is 2.30. The van der Waals surface area contributed by atoms with Crippen molar-refractivity contribution < 1.29 is 9.21 Å². The molecule has 0 radical (unpaired) electrons. The van der Waals surface area contributed by atoms with Crippen LogP contribution in [-0.4, -0.2) is 46.1 Å². The third-order valence-corrected chi connectivity index (χ3v) is 5.37. The Hall–Kier alpha value is -2.60. The number of benzene rings is 1. The van der Waals surface area contributed by atoms with Crippen LogP contribution in [-0.2, 0) is 26.1 Å². The molecular weight excluding hydrogens is 352 g/mol. The highest BCUT2D eigenvalue weighted by molar-refractivity contribution is 6.07. The summed E-state index contributed by atoms with van der Waals surface area (Å²) >= 11 is 0. The van der Waals surface area contributed by atoms with Crippen LogP contribution in [0, 0.1) is 0 Å². The number of carbonyl (C=O) groups is 1. The van der Waals surface area contributed by atoms with Gasteiger partial charge in [-0.05, 0) is 26.6 Å². The number of nitrogens with zero attached hydrogens (tertiary/aromatic N) is 4. The first-order valence-electron chi connectivity index (χ1n) is 10.1. The van der Waals surface area contributed by atoms with E-state index in [4.69, 9.17) is 4.42 Å². The van der Waals surface area contributed by atoms with Gasteiger partial charge in [-0.1, -0.05) is 31.5 Å². The number of aromatic nitrogens is 2. The SMILES string of the molecule is CCCCc1oc2ccccc2c1C(=O)N1CCn2ncc(CN(C)C)c2C1. The largest absolute Gasteiger partial charge is 0.460 e. The summed E-state index contributed by atoms with van der Waals surface area (Å²) in [6.45, 7) is 4.97. The first-order chi connectivity index (χ1) is 13.6. The summed E-state index contributed by atoms with van der Waals surface area (Å²) in [5.41, 5.74) is 3.86. The van der Waals surface area contributed by atoms with Crippen LogP contribution >= 0.6 is 0 Å². The van der Waals surface area contributed by atoms with E-state index in [1.165, 1.54) is 5.56 Å². The van der Waals surface area contributed by atoms with Crippen molar-refractivity contribution in [2.24, 2.45) is 0 Å². The van der Waals surface area contributed by atoms with Crippen LogP contribution in [0.1, 0.15) is 47.1 Å². The molecule has 0 atom stereocenters. The molecule has 4 rings (SSSR count). The normalized spacial score (nSPS) is 14.1. The number of hydrogen-bond donors (Lipinski definition) is 0. The second-order valence-corrected chi connectivity index (χ2v) is 7.80. The van der Waals surface area contributed by atoms with E-state index in [0.29, 0.717) is 13.1 Å². The summed E-state index contributed by atoms with van der Waals surface area (Å²) in [6, 6.07) is 7.87. The molecule has 0 fully saturated rings. The molecule has 6 heteroatoms. The fourth-order valence-corrected chi connectivity index (χ4v) is 3.95. The topological polar surface area (TPSA) is 54.5 Å². The summed E-state index contributed by atoms with van der Waals surface area (Å²) < 4.78 is 8.11. The molecule has 148 valence electrons. The number of fused-ring (bicyclic) bond motifs is 2. The fourth-order valence-electron chi connectivity index (χ4n) is 3.95. The quantitative estimate of drug-likeness (QED) is 0.654. The molecule has 1 aromatic carbocycles. The minimum absolute atomic E-state index is 0.0688. The van der Waals surface area contributed by atoms with E-state index < -0.39 is 0 Å². The highest BCUT2D eigenvalue weighted by atomic mass is 16.3. The van der Waals surface area contributed by atoms with Crippen LogP contribution in [0.25, 0.3) is 11.0 Å². The minimum atomic E-state index is 0.0688. The van der Waals surface area contributed by atoms with Gasteiger partial charge < -0.3 is 14.2 Å². The molecule has 3 heterocycles. The van der Waals surface area contributed by atoms with Crippen molar-refractivity contribution in [2.75, 3.05) is 20.6 Å². The van der Waals surface area contributed by atoms with Crippen molar-refractivity contribution in [3.63, 3.8) is 0 Å². The first kappa shape index (κ1) is 18.7. The standard InChI is InChI=1S/C22H28N4O2/c1-4-5-9-20-21(17-8-6-7-10-19(17)28-20)22(27)25-11-12-26-18(15-25)16(13-23-26)14-24(2)3/h6-8,10,13H,4-5,9,11-12,14-15H2,1-3H3. The lowest BCUT2D eigenvalue weighted by molar-refractivity contribution is 0.0704. The Balaban J connectivity index is 1.66. The molecular formula is C22H28N4O2. The number of hydrogen-bond acceptors (Lipinski definition) is 4. The van der Waals surface area contributed by atoms with Crippen molar-refractivity contribution in [3.8, 4) is 0 Å². The van der Waals surface area contributed by atoms with Crippen LogP contribution in [0.15, 0.2) is 34.9 Å². The van der Waals surface area contributed by atoms with Gasteiger partial charge in [0.2, 0.25) is 0 Å². The van der Waals surface area contributed by atoms with E-state index in [-0.39, 0.29) is 5.91 Å². The fraction of sp³-hybridized carbons (Fsp3) is 0.455. The van der Waals surface area contributed by atoms with Gasteiger partial charge in [0.1, 0.15) is 11.3 Å². The first-order valence-corrected chi connectivity index (χ1v) is 10.1. The molecule has 0 spiro atoms. The number of carbonyl (C=O) groups excluding carboxylic acids is 1. The molecule has 1 aliphatic rings. The molecule has 2 aromatic heterocycles. The van der Waals surface area contributed by atoms with E-state index in [1.54, 1.807) is 0 Å². The zero-order valence-electron chi connectivity index (χ0n) is 16.9. The number of aryl methyl sites for hydroxylation is 1. The van der Waals surface area contributed by atoms with Crippen LogP contribution in [0.3, 0.4) is 0 Å². The number of rotatable bonds is 6. The average Bonchev–Trinajstić information content (AvgIpc) is 3.26. The molecule has 0 unspecified atom stereocenters. The Bertz CT molecular complexity index is 986. The van der Waals surface area contributed by atoms with Crippen molar-refractivity contribution in [1.82, 2.24) is 19.6 Å². The van der Waals surface area contributed by atoms with Crippen LogP contribution in [0.2, 0.25) is 0 Å². The Labute approximate surface area is 165 Å². The third kappa shape index (κ3) is 3.44. The van der Waals surface area contributed by atoms with Crippen molar-refractivity contribution in [3.05, 3.63) is 53.0 Å². The molecule has 0 saturated heterocycles. The van der Waals surface area contributed by atoms with Gasteiger partial charge in [-0.3, -0.25) is 9.48 Å². The zero-order valence-corrected chi connectivity index (χ0v) is 16.9. The van der Waals surface area contributed by atoms with Crippen molar-refractivity contribution in [1.29, 1.82) is 0 Å². The number of para-hydroxylation sites is 1. The van der Waals surface area contributed by atoms with Gasteiger partial charge >= 0.3 is 0 Å². The van der Waals surface area contributed by atoms with Crippen LogP contribution < -0.4 is 0 Å². The van der Waals surface area contributed by atoms with E-state index in [1.807, 2.05) is 54.1 Å². The van der Waals surface area contributed by atoms with Crippen molar-refractivity contribution >= 4 is 16.9 Å². The molecule has 1 amide bonds. The van der Waals surface area contributed by atoms with E-state index >= 15 is 0 Å². The highest BCUT2D eigenvalue weighted by Gasteiger charge is 2.29. The van der Waals surface area contributed by atoms with E-state index in [2.05, 4.69) is 16.9 Å². The van der Waals surface area contributed by atoms with Gasteiger partial charge in [-0.2, -0.15) is 5.10 Å². The average molecular weight is 380 g/mol. The maximum Gasteiger partial charge on any atom is 0.258 e. The minimum Gasteiger partial charge on any atom is -0.460 e. The molecule has 3 aromatic rings. The Morgan fingerprint density at radius 3 is 2.86 bits per heavy atom. The molecule has 0 N–H and O–H groups in total. The summed E-state index contributed by atoms with van der Waals surface area (Å²) in [5.74, 6) is 0.889. The van der Waals surface area contributed by atoms with E-state index in [0.717, 1.165) is 60.3 Å². The zero-order chi connectivity index (χ0) is 19.7. The Kier molecular flexibility index (Phi) is 5.22. The van der Waals surface area contributed by atoms with Gasteiger partial charge in [-0.25, -0.2) is 0 Å². The summed E-state index contributed by atoms with van der Waals surface area (Å²) in [4.78, 5) is 17.6. The second-order valence-electron chi connectivity index (χ2n) is 7.80. The second kappa shape index (κ2) is 7.80. The third-order valence-electron chi connectivity index (χ3n) is 5.37. The lowest BCUT2D eigenvalue weighted by atomic mass is 10.0. The number of amides is 1. The maximum atomic E-state index is 13.5. The smallest absolute Gasteiger partial charge is 0.258 e. The Morgan fingerprint density at radius 2 is 2.07 bits per heavy atom. The predicted octanol–water partition coefficient (Wildman–Crippen LogP) is 3.69. The summed E-state index contributed by atoms with van der Waals surface area (Å²) in [6.07, 6.45) is 4.81. The molecule has 6 nitrogen and oxygen atoms in total. The van der Waals surface area contributed by atoms with Crippen molar-refractivity contribution in [2.45, 2.75) is 45.8 Å². The lowest BCUT2D eigenvalue weighted by Crippen LogP contribution is -2.39. The molecule has 28 heavy (non-hydrogen) atoms. The molecule has 0 saturated carbocycles. The van der Waals surface area contributed by atoms with Gasteiger partial charge in [0.15, 0.2) is 0 Å². The molecule has 1 aliphatic heterocycles. The summed E-state index contributed by atoms with van der Waals surface area (Å²) in [7, 11) is 4.10. The predicted molar refractivity (Wildman–Crippen MR) is 109 cm³/mol.